The number of allylic oxidation sites excluding steroid dienone is 4. The zero-order valence-corrected chi connectivity index (χ0v) is 56.1. The van der Waals surface area contributed by atoms with Crippen LogP contribution in [0.5, 0.6) is 0 Å². The van der Waals surface area contributed by atoms with E-state index in [0.29, 0.717) is 12.8 Å². The molecule has 1 unspecified atom stereocenters. The highest BCUT2D eigenvalue weighted by molar-refractivity contribution is 5.70. The molecule has 82 heavy (non-hydrogen) atoms. The van der Waals surface area contributed by atoms with E-state index in [1.165, 1.54) is 372 Å². The molecule has 0 aliphatic carbocycles. The van der Waals surface area contributed by atoms with Gasteiger partial charge in [-0.25, -0.2) is 0 Å². The molecule has 0 aliphatic heterocycles. The molecule has 0 rings (SSSR count). The van der Waals surface area contributed by atoms with Crippen molar-refractivity contribution >= 4 is 11.9 Å². The van der Waals surface area contributed by atoms with E-state index in [-0.39, 0.29) is 25.2 Å². The average Bonchev–Trinajstić information content (AvgIpc) is 3.49. The molecule has 0 aromatic rings. The molecule has 0 amide bonds. The van der Waals surface area contributed by atoms with Gasteiger partial charge >= 0.3 is 11.9 Å². The van der Waals surface area contributed by atoms with Gasteiger partial charge in [0.2, 0.25) is 0 Å². The van der Waals surface area contributed by atoms with Crippen molar-refractivity contribution in [2.45, 2.75) is 444 Å². The molecular formula is C77H148O5. The Morgan fingerprint density at radius 3 is 0.720 bits per heavy atom. The average molecular weight is 1150 g/mol. The standard InChI is InChI=1S/C77H148O5/c1-3-5-7-9-11-13-15-17-19-21-23-25-27-29-31-32-33-34-35-36-37-38-39-40-41-42-43-44-46-48-50-52-54-56-58-60-62-64-66-68-70-72-77(80)82-75(73-78)74-81-76(79)71-69-67-65-63-61-59-57-55-53-51-49-47-45-30-28-26-24-22-20-18-16-14-12-10-8-6-4-2/h15,17,21,23,75,78H,3-14,16,18-20,22,24-74H2,1-2H3/b17-15-,23-21-. The Hall–Kier alpha value is -1.62. The first-order valence-electron chi connectivity index (χ1n) is 37.9. The van der Waals surface area contributed by atoms with Crippen molar-refractivity contribution in [2.75, 3.05) is 13.2 Å². The molecule has 1 atom stereocenters. The van der Waals surface area contributed by atoms with E-state index >= 15 is 0 Å². The Balaban J connectivity index is 3.34. The molecule has 0 spiro atoms. The monoisotopic (exact) mass is 1150 g/mol. The maximum Gasteiger partial charge on any atom is 0.306 e. The Morgan fingerprint density at radius 2 is 0.488 bits per heavy atom. The number of aliphatic hydroxyl groups excluding tert-OH is 1. The second-order valence-electron chi connectivity index (χ2n) is 26.1. The largest absolute Gasteiger partial charge is 0.462 e. The molecule has 0 heterocycles. The van der Waals surface area contributed by atoms with Gasteiger partial charge in [-0.15, -0.1) is 0 Å². The number of ether oxygens (including phenoxy) is 2. The molecule has 0 aromatic carbocycles. The van der Waals surface area contributed by atoms with Gasteiger partial charge in [-0.1, -0.05) is 404 Å². The van der Waals surface area contributed by atoms with Crippen LogP contribution in [0.15, 0.2) is 24.3 Å². The van der Waals surface area contributed by atoms with Crippen LogP contribution in [0, 0.1) is 0 Å². The highest BCUT2D eigenvalue weighted by Crippen LogP contribution is 2.20. The van der Waals surface area contributed by atoms with Crippen LogP contribution in [0.1, 0.15) is 438 Å². The lowest BCUT2D eigenvalue weighted by atomic mass is 10.0. The maximum absolute atomic E-state index is 12.4. The highest BCUT2D eigenvalue weighted by atomic mass is 16.6. The van der Waals surface area contributed by atoms with Gasteiger partial charge in [0, 0.05) is 12.8 Å². The molecule has 5 nitrogen and oxygen atoms in total. The summed E-state index contributed by atoms with van der Waals surface area (Å²) in [5.74, 6) is -0.560. The number of unbranched alkanes of at least 4 members (excludes halogenated alkanes) is 60. The molecule has 1 N–H and O–H groups in total. The van der Waals surface area contributed by atoms with Crippen LogP contribution in [0.2, 0.25) is 0 Å². The lowest BCUT2D eigenvalue weighted by Gasteiger charge is -2.15. The van der Waals surface area contributed by atoms with Crippen molar-refractivity contribution in [1.82, 2.24) is 0 Å². The Bertz CT molecular complexity index is 1260. The number of esters is 2. The van der Waals surface area contributed by atoms with Crippen LogP contribution in [-0.4, -0.2) is 36.4 Å². The highest BCUT2D eigenvalue weighted by Gasteiger charge is 2.16. The van der Waals surface area contributed by atoms with Gasteiger partial charge in [0.25, 0.3) is 0 Å². The van der Waals surface area contributed by atoms with E-state index in [4.69, 9.17) is 9.47 Å². The van der Waals surface area contributed by atoms with Gasteiger partial charge in [-0.05, 0) is 44.9 Å². The van der Waals surface area contributed by atoms with Crippen LogP contribution < -0.4 is 0 Å². The number of hydrogen-bond donors (Lipinski definition) is 1. The predicted octanol–water partition coefficient (Wildman–Crippen LogP) is 26.3. The van der Waals surface area contributed by atoms with E-state index in [1.807, 2.05) is 0 Å². The summed E-state index contributed by atoms with van der Waals surface area (Å²) < 4.78 is 10.8. The summed E-state index contributed by atoms with van der Waals surface area (Å²) in [6.45, 7) is 4.21. The molecule has 0 bridgehead atoms. The summed E-state index contributed by atoms with van der Waals surface area (Å²) >= 11 is 0. The Labute approximate surface area is 514 Å². The number of hydrogen-bond acceptors (Lipinski definition) is 5. The van der Waals surface area contributed by atoms with Crippen molar-refractivity contribution in [3.8, 4) is 0 Å². The molecule has 0 saturated carbocycles. The molecule has 0 aliphatic rings. The quantitative estimate of drug-likeness (QED) is 0.0373. The van der Waals surface area contributed by atoms with Crippen molar-refractivity contribution < 1.29 is 24.2 Å². The fourth-order valence-electron chi connectivity index (χ4n) is 12.1. The summed E-state index contributed by atoms with van der Waals surface area (Å²) in [7, 11) is 0. The van der Waals surface area contributed by atoms with Gasteiger partial charge < -0.3 is 14.6 Å². The van der Waals surface area contributed by atoms with Crippen LogP contribution in [-0.2, 0) is 19.1 Å². The summed E-state index contributed by atoms with van der Waals surface area (Å²) in [5.41, 5.74) is 0. The second kappa shape index (κ2) is 73.6. The van der Waals surface area contributed by atoms with Crippen molar-refractivity contribution in [3.05, 3.63) is 24.3 Å². The SMILES string of the molecule is CCCCCCC/C=C\C/C=C\CCCCCCCCCCCCCCCCCCCCCCCCCCCCCCCC(=O)OC(CO)COC(=O)CCCCCCCCCCCCCCCCCCCCCCCCCCCCC. The van der Waals surface area contributed by atoms with E-state index in [9.17, 15) is 14.7 Å². The van der Waals surface area contributed by atoms with E-state index < -0.39 is 6.10 Å². The first kappa shape index (κ1) is 80.4. The molecule has 486 valence electrons. The van der Waals surface area contributed by atoms with Crippen molar-refractivity contribution in [3.63, 3.8) is 0 Å². The molecule has 0 saturated heterocycles. The van der Waals surface area contributed by atoms with Crippen LogP contribution >= 0.6 is 0 Å². The summed E-state index contributed by atoms with van der Waals surface area (Å²) in [4.78, 5) is 24.7. The van der Waals surface area contributed by atoms with Gasteiger partial charge in [0.05, 0.1) is 6.61 Å². The zero-order chi connectivity index (χ0) is 59.1. The van der Waals surface area contributed by atoms with Crippen LogP contribution in [0.4, 0.5) is 0 Å². The lowest BCUT2D eigenvalue weighted by molar-refractivity contribution is -0.161. The van der Waals surface area contributed by atoms with Gasteiger partial charge in [0.15, 0.2) is 6.10 Å². The fraction of sp³-hybridized carbons (Fsp3) is 0.922. The number of carbonyl (C=O) groups is 2. The first-order chi connectivity index (χ1) is 40.6. The van der Waals surface area contributed by atoms with Gasteiger partial charge in [-0.2, -0.15) is 0 Å². The minimum Gasteiger partial charge on any atom is -0.462 e. The molecule has 5 heteroatoms. The van der Waals surface area contributed by atoms with Crippen molar-refractivity contribution in [1.29, 1.82) is 0 Å². The number of aliphatic hydroxyl groups is 1. The lowest BCUT2D eigenvalue weighted by Crippen LogP contribution is -2.28. The summed E-state index contributed by atoms with van der Waals surface area (Å²) in [5, 5.41) is 9.71. The smallest absolute Gasteiger partial charge is 0.306 e. The maximum atomic E-state index is 12.4. The zero-order valence-electron chi connectivity index (χ0n) is 56.1. The molecule has 0 fully saturated rings. The van der Waals surface area contributed by atoms with E-state index in [0.717, 1.165) is 38.5 Å². The minimum atomic E-state index is -0.767. The van der Waals surface area contributed by atoms with Gasteiger partial charge in [-0.3, -0.25) is 9.59 Å². The Morgan fingerprint density at radius 1 is 0.280 bits per heavy atom. The summed E-state index contributed by atoms with van der Waals surface area (Å²) in [6.07, 6.45) is 96.9. The predicted molar refractivity (Wildman–Crippen MR) is 362 cm³/mol. The Kier molecular flexibility index (Phi) is 72.2. The molecule has 0 aromatic heterocycles. The van der Waals surface area contributed by atoms with Crippen molar-refractivity contribution in [2.24, 2.45) is 0 Å². The van der Waals surface area contributed by atoms with E-state index in [2.05, 4.69) is 38.2 Å². The third-order valence-electron chi connectivity index (χ3n) is 17.7. The van der Waals surface area contributed by atoms with Crippen LogP contribution in [0.3, 0.4) is 0 Å². The van der Waals surface area contributed by atoms with Gasteiger partial charge in [0.1, 0.15) is 6.61 Å². The normalized spacial score (nSPS) is 12.2. The third-order valence-corrected chi connectivity index (χ3v) is 17.7. The van der Waals surface area contributed by atoms with E-state index in [1.54, 1.807) is 0 Å². The minimum absolute atomic E-state index is 0.0566. The first-order valence-corrected chi connectivity index (χ1v) is 37.9. The van der Waals surface area contributed by atoms with Crippen LogP contribution in [0.25, 0.3) is 0 Å². The number of carbonyl (C=O) groups excluding carboxylic acids is 2. The second-order valence-corrected chi connectivity index (χ2v) is 26.1. The summed E-state index contributed by atoms with van der Waals surface area (Å²) in [6, 6.07) is 0. The molecular weight excluding hydrogens is 1000 g/mol. The topological polar surface area (TPSA) is 72.8 Å². The third kappa shape index (κ3) is 70.9. The number of rotatable bonds is 72. The molecule has 0 radical (unpaired) electrons. The fourth-order valence-corrected chi connectivity index (χ4v) is 12.1.